The topological polar surface area (TPSA) is 105 Å². The van der Waals surface area contributed by atoms with E-state index in [2.05, 4.69) is 10.6 Å². The van der Waals surface area contributed by atoms with Gasteiger partial charge in [-0.2, -0.15) is 0 Å². The monoisotopic (exact) mass is 322 g/mol. The molecule has 1 aromatic rings. The minimum absolute atomic E-state index is 0.0620. The number of benzene rings is 1. The number of carboxylic acids is 1. The number of anilines is 1. The molecule has 1 aromatic carbocycles. The summed E-state index contributed by atoms with van der Waals surface area (Å²) in [5.74, 6) is -1.50. The van der Waals surface area contributed by atoms with E-state index < -0.39 is 12.5 Å². The summed E-state index contributed by atoms with van der Waals surface area (Å²) in [6, 6.07) is 6.88. The molecule has 3 N–H and O–H groups in total. The number of aliphatic carboxylic acids is 1. The summed E-state index contributed by atoms with van der Waals surface area (Å²) in [4.78, 5) is 33.6. The number of carbonyl (C=O) groups is 3. The van der Waals surface area contributed by atoms with E-state index in [0.717, 1.165) is 18.4 Å². The Morgan fingerprint density at radius 2 is 1.78 bits per heavy atom. The van der Waals surface area contributed by atoms with E-state index in [0.29, 0.717) is 18.7 Å². The van der Waals surface area contributed by atoms with Gasteiger partial charge in [-0.25, -0.2) is 0 Å². The van der Waals surface area contributed by atoms with Crippen molar-refractivity contribution in [3.8, 4) is 0 Å². The molecular weight excluding hydrogens is 300 g/mol. The summed E-state index contributed by atoms with van der Waals surface area (Å²) in [7, 11) is 1.63. The second-order valence-corrected chi connectivity index (χ2v) is 5.04. The SMILES string of the molecule is COCCCCC(=O)Nc1ccc(CC(=O)NCC(=O)O)cc1. The predicted octanol–water partition coefficient (Wildman–Crippen LogP) is 1.19. The quantitative estimate of drug-likeness (QED) is 0.561. The normalized spacial score (nSPS) is 10.1. The Morgan fingerprint density at radius 1 is 1.09 bits per heavy atom. The number of nitrogens with one attached hydrogen (secondary N) is 2. The number of unbranched alkanes of at least 4 members (excludes halogenated alkanes) is 1. The number of ether oxygens (including phenoxy) is 1. The molecule has 0 bridgehead atoms. The van der Waals surface area contributed by atoms with Crippen LogP contribution in [0.4, 0.5) is 5.69 Å². The van der Waals surface area contributed by atoms with Crippen molar-refractivity contribution < 1.29 is 24.2 Å². The fraction of sp³-hybridized carbons (Fsp3) is 0.438. The van der Waals surface area contributed by atoms with Gasteiger partial charge in [0.1, 0.15) is 6.54 Å². The molecule has 0 aliphatic rings. The maximum Gasteiger partial charge on any atom is 0.322 e. The van der Waals surface area contributed by atoms with E-state index in [1.165, 1.54) is 0 Å². The lowest BCUT2D eigenvalue weighted by molar-refractivity contribution is -0.137. The summed E-state index contributed by atoms with van der Waals surface area (Å²) in [5.41, 5.74) is 1.41. The molecule has 23 heavy (non-hydrogen) atoms. The molecule has 0 heterocycles. The van der Waals surface area contributed by atoms with Crippen LogP contribution in [-0.4, -0.2) is 43.2 Å². The van der Waals surface area contributed by atoms with E-state index in [1.54, 1.807) is 31.4 Å². The number of methoxy groups -OCH3 is 1. The number of rotatable bonds is 10. The zero-order valence-corrected chi connectivity index (χ0v) is 13.1. The lowest BCUT2D eigenvalue weighted by atomic mass is 10.1. The molecule has 0 saturated heterocycles. The first-order chi connectivity index (χ1) is 11.0. The smallest absolute Gasteiger partial charge is 0.322 e. The second-order valence-electron chi connectivity index (χ2n) is 5.04. The number of amides is 2. The first-order valence-electron chi connectivity index (χ1n) is 7.37. The molecule has 0 spiro atoms. The molecule has 0 atom stereocenters. The van der Waals surface area contributed by atoms with Crippen LogP contribution in [0.15, 0.2) is 24.3 Å². The Balaban J connectivity index is 2.36. The summed E-state index contributed by atoms with van der Waals surface area (Å²) >= 11 is 0. The van der Waals surface area contributed by atoms with Crippen molar-refractivity contribution >= 4 is 23.5 Å². The van der Waals surface area contributed by atoms with Gasteiger partial charge in [-0.1, -0.05) is 12.1 Å². The van der Waals surface area contributed by atoms with Crippen LogP contribution in [0.3, 0.4) is 0 Å². The van der Waals surface area contributed by atoms with Crippen LogP contribution >= 0.6 is 0 Å². The Bertz CT molecular complexity index is 528. The van der Waals surface area contributed by atoms with E-state index in [4.69, 9.17) is 9.84 Å². The van der Waals surface area contributed by atoms with Gasteiger partial charge in [0, 0.05) is 25.8 Å². The zero-order chi connectivity index (χ0) is 17.1. The number of hydrogen-bond acceptors (Lipinski definition) is 4. The van der Waals surface area contributed by atoms with Crippen LogP contribution in [0.5, 0.6) is 0 Å². The fourth-order valence-corrected chi connectivity index (χ4v) is 1.88. The van der Waals surface area contributed by atoms with Gasteiger partial charge in [-0.3, -0.25) is 14.4 Å². The molecule has 0 saturated carbocycles. The van der Waals surface area contributed by atoms with E-state index >= 15 is 0 Å². The van der Waals surface area contributed by atoms with Crippen LogP contribution in [-0.2, 0) is 25.5 Å². The zero-order valence-electron chi connectivity index (χ0n) is 13.1. The van der Waals surface area contributed by atoms with Crippen molar-refractivity contribution in [1.29, 1.82) is 0 Å². The van der Waals surface area contributed by atoms with Gasteiger partial charge in [0.25, 0.3) is 0 Å². The Morgan fingerprint density at radius 3 is 2.39 bits per heavy atom. The van der Waals surface area contributed by atoms with Crippen molar-refractivity contribution in [2.24, 2.45) is 0 Å². The van der Waals surface area contributed by atoms with Crippen LogP contribution in [0.1, 0.15) is 24.8 Å². The standard InChI is InChI=1S/C16H22N2O5/c1-23-9-3-2-4-14(19)18-13-7-5-12(6-8-13)10-15(20)17-11-16(21)22/h5-8H,2-4,9-11H2,1H3,(H,17,20)(H,18,19)(H,21,22). The van der Waals surface area contributed by atoms with Crippen molar-refractivity contribution in [3.63, 3.8) is 0 Å². The molecular formula is C16H22N2O5. The second kappa shape index (κ2) is 10.3. The molecule has 0 aromatic heterocycles. The molecule has 7 nitrogen and oxygen atoms in total. The van der Waals surface area contributed by atoms with Gasteiger partial charge in [-0.05, 0) is 30.5 Å². The van der Waals surface area contributed by atoms with Crippen LogP contribution < -0.4 is 10.6 Å². The van der Waals surface area contributed by atoms with Gasteiger partial charge >= 0.3 is 5.97 Å². The fourth-order valence-electron chi connectivity index (χ4n) is 1.88. The molecule has 0 aliphatic carbocycles. The molecule has 7 heteroatoms. The van der Waals surface area contributed by atoms with Gasteiger partial charge in [0.2, 0.25) is 11.8 Å². The highest BCUT2D eigenvalue weighted by molar-refractivity contribution is 5.90. The number of carboxylic acid groups (broad SMARTS) is 1. The first-order valence-corrected chi connectivity index (χ1v) is 7.37. The third-order valence-corrected chi connectivity index (χ3v) is 3.04. The lowest BCUT2D eigenvalue weighted by Crippen LogP contribution is -2.30. The van der Waals surface area contributed by atoms with Crippen molar-refractivity contribution in [3.05, 3.63) is 29.8 Å². The molecule has 0 fully saturated rings. The minimum Gasteiger partial charge on any atom is -0.480 e. The predicted molar refractivity (Wildman–Crippen MR) is 85.1 cm³/mol. The van der Waals surface area contributed by atoms with Crippen LogP contribution in [0.2, 0.25) is 0 Å². The Hall–Kier alpha value is -2.41. The van der Waals surface area contributed by atoms with E-state index in [1.807, 2.05) is 0 Å². The summed E-state index contributed by atoms with van der Waals surface area (Å²) in [5, 5.41) is 13.6. The van der Waals surface area contributed by atoms with Gasteiger partial charge < -0.3 is 20.5 Å². The maximum absolute atomic E-state index is 11.7. The minimum atomic E-state index is -1.08. The van der Waals surface area contributed by atoms with Gasteiger partial charge in [0.05, 0.1) is 6.42 Å². The average molecular weight is 322 g/mol. The summed E-state index contributed by atoms with van der Waals surface area (Å²) < 4.78 is 4.92. The summed E-state index contributed by atoms with van der Waals surface area (Å²) in [6.45, 7) is 0.252. The Labute approximate surface area is 135 Å². The van der Waals surface area contributed by atoms with Crippen molar-refractivity contribution in [2.75, 3.05) is 25.6 Å². The van der Waals surface area contributed by atoms with Crippen molar-refractivity contribution in [1.82, 2.24) is 5.32 Å². The van der Waals surface area contributed by atoms with Crippen LogP contribution in [0, 0.1) is 0 Å². The molecule has 2 amide bonds. The maximum atomic E-state index is 11.7. The highest BCUT2D eigenvalue weighted by Crippen LogP contribution is 2.11. The van der Waals surface area contributed by atoms with E-state index in [9.17, 15) is 14.4 Å². The summed E-state index contributed by atoms with van der Waals surface area (Å²) in [6.07, 6.45) is 2.14. The third kappa shape index (κ3) is 8.57. The van der Waals surface area contributed by atoms with Gasteiger partial charge in [-0.15, -0.1) is 0 Å². The molecule has 0 unspecified atom stereocenters. The average Bonchev–Trinajstić information content (AvgIpc) is 2.51. The largest absolute Gasteiger partial charge is 0.480 e. The van der Waals surface area contributed by atoms with E-state index in [-0.39, 0.29) is 18.2 Å². The highest BCUT2D eigenvalue weighted by Gasteiger charge is 2.06. The number of hydrogen-bond donors (Lipinski definition) is 3. The molecule has 0 aliphatic heterocycles. The first kappa shape index (κ1) is 18.6. The highest BCUT2D eigenvalue weighted by atomic mass is 16.5. The lowest BCUT2D eigenvalue weighted by Gasteiger charge is -2.07. The molecule has 126 valence electrons. The van der Waals surface area contributed by atoms with Gasteiger partial charge in [0.15, 0.2) is 0 Å². The number of carbonyl (C=O) groups excluding carboxylic acids is 2. The molecule has 0 radical (unpaired) electrons. The van der Waals surface area contributed by atoms with Crippen LogP contribution in [0.25, 0.3) is 0 Å². The van der Waals surface area contributed by atoms with Crippen molar-refractivity contribution in [2.45, 2.75) is 25.7 Å². The Kier molecular flexibility index (Phi) is 8.38. The third-order valence-electron chi connectivity index (χ3n) is 3.04. The molecule has 1 rings (SSSR count).